The highest BCUT2D eigenvalue weighted by molar-refractivity contribution is 5.95. The summed E-state index contributed by atoms with van der Waals surface area (Å²) >= 11 is 0. The molecule has 128 valence electrons. The van der Waals surface area contributed by atoms with Crippen LogP contribution in [0.2, 0.25) is 0 Å². The van der Waals surface area contributed by atoms with Gasteiger partial charge in [0.1, 0.15) is 5.84 Å². The van der Waals surface area contributed by atoms with Gasteiger partial charge in [0.05, 0.1) is 18.2 Å². The molecule has 0 amide bonds. The van der Waals surface area contributed by atoms with E-state index in [1.807, 2.05) is 37.3 Å². The molecule has 0 saturated heterocycles. The van der Waals surface area contributed by atoms with Crippen LogP contribution in [0.3, 0.4) is 0 Å². The Morgan fingerprint density at radius 3 is 2.32 bits per heavy atom. The fraction of sp³-hybridized carbons (Fsp3) is 0.389. The Hall–Kier alpha value is -2.87. The second kappa shape index (κ2) is 5.59. The Morgan fingerprint density at radius 1 is 1.16 bits per heavy atom. The van der Waals surface area contributed by atoms with E-state index in [0.717, 1.165) is 5.56 Å². The highest BCUT2D eigenvalue weighted by Crippen LogP contribution is 2.62. The maximum Gasteiger partial charge on any atom is 0.296 e. The van der Waals surface area contributed by atoms with Crippen molar-refractivity contribution in [2.75, 3.05) is 14.2 Å². The molecule has 3 N–H and O–H groups in total. The number of nitrogens with one attached hydrogen (secondary N) is 1. The molecule has 25 heavy (non-hydrogen) atoms. The van der Waals surface area contributed by atoms with Crippen LogP contribution in [0, 0.1) is 33.5 Å². The van der Waals surface area contributed by atoms with Gasteiger partial charge in [-0.3, -0.25) is 0 Å². The monoisotopic (exact) mass is 337 g/mol. The van der Waals surface area contributed by atoms with Gasteiger partial charge < -0.3 is 20.5 Å². The molecule has 1 aromatic rings. The van der Waals surface area contributed by atoms with Gasteiger partial charge in [0, 0.05) is 19.9 Å². The summed E-state index contributed by atoms with van der Waals surface area (Å²) in [5.41, 5.74) is 4.74. The summed E-state index contributed by atoms with van der Waals surface area (Å²) in [7, 11) is 2.77. The maximum absolute atomic E-state index is 10.2. The molecule has 0 aliphatic carbocycles. The van der Waals surface area contributed by atoms with Gasteiger partial charge in [0.25, 0.3) is 5.91 Å². The molecule has 0 spiro atoms. The summed E-state index contributed by atoms with van der Waals surface area (Å²) in [5.74, 6) is -1.69. The Kier molecular flexibility index (Phi) is 3.80. The van der Waals surface area contributed by atoms with Crippen molar-refractivity contribution in [3.63, 3.8) is 0 Å². The van der Waals surface area contributed by atoms with E-state index >= 15 is 0 Å². The van der Waals surface area contributed by atoms with E-state index < -0.39 is 22.8 Å². The molecule has 0 radical (unpaired) electrons. The number of methoxy groups -OCH3 is 2. The molecule has 0 aromatic heterocycles. The van der Waals surface area contributed by atoms with Gasteiger partial charge in [-0.05, 0) is 18.6 Å². The van der Waals surface area contributed by atoms with Crippen molar-refractivity contribution in [2.45, 2.75) is 18.9 Å². The molecule has 0 unspecified atom stereocenters. The zero-order valence-corrected chi connectivity index (χ0v) is 14.3. The van der Waals surface area contributed by atoms with Gasteiger partial charge >= 0.3 is 0 Å². The first-order chi connectivity index (χ1) is 12.0. The summed E-state index contributed by atoms with van der Waals surface area (Å²) in [6.07, 6.45) is 1.63. The number of nitriles is 2. The number of nitrogens with zero attached hydrogens (tertiary/aromatic N) is 3. The van der Waals surface area contributed by atoms with E-state index in [2.05, 4.69) is 22.4 Å². The fourth-order valence-electron chi connectivity index (χ4n) is 3.95. The molecule has 0 bridgehead atoms. The highest BCUT2D eigenvalue weighted by Gasteiger charge is 2.76. The molecule has 7 heteroatoms. The minimum absolute atomic E-state index is 0.00496. The van der Waals surface area contributed by atoms with Crippen LogP contribution in [0.1, 0.15) is 18.5 Å². The van der Waals surface area contributed by atoms with Crippen molar-refractivity contribution in [3.8, 4) is 12.1 Å². The second-order valence-corrected chi connectivity index (χ2v) is 6.14. The summed E-state index contributed by atoms with van der Waals surface area (Å²) in [5, 5.41) is 23.7. The minimum Gasteiger partial charge on any atom is -0.386 e. The number of benzene rings is 1. The van der Waals surface area contributed by atoms with Crippen LogP contribution in [0.5, 0.6) is 0 Å². The van der Waals surface area contributed by atoms with Gasteiger partial charge in [0.2, 0.25) is 0 Å². The van der Waals surface area contributed by atoms with E-state index in [1.165, 1.54) is 14.2 Å². The van der Waals surface area contributed by atoms with Crippen LogP contribution in [0.4, 0.5) is 0 Å². The van der Waals surface area contributed by atoms with Crippen molar-refractivity contribution in [1.82, 2.24) is 5.32 Å². The van der Waals surface area contributed by atoms with Gasteiger partial charge in [-0.2, -0.15) is 10.5 Å². The Bertz CT molecular complexity index is 831. The zero-order chi connectivity index (χ0) is 18.3. The van der Waals surface area contributed by atoms with Gasteiger partial charge in [-0.15, -0.1) is 0 Å². The third kappa shape index (κ3) is 1.82. The van der Waals surface area contributed by atoms with E-state index in [9.17, 15) is 10.5 Å². The van der Waals surface area contributed by atoms with Crippen molar-refractivity contribution in [3.05, 3.63) is 47.7 Å². The van der Waals surface area contributed by atoms with Gasteiger partial charge in [0.15, 0.2) is 10.8 Å². The summed E-state index contributed by atoms with van der Waals surface area (Å²) in [6, 6.07) is 13.3. The second-order valence-electron chi connectivity index (χ2n) is 6.14. The lowest BCUT2D eigenvalue weighted by atomic mass is 9.57. The largest absolute Gasteiger partial charge is 0.386 e. The van der Waals surface area contributed by atoms with Gasteiger partial charge in [-0.25, -0.2) is 4.99 Å². The Labute approximate surface area is 146 Å². The van der Waals surface area contributed by atoms with E-state index in [0.29, 0.717) is 5.70 Å². The third-order valence-corrected chi connectivity index (χ3v) is 5.07. The molecule has 3 rings (SSSR count). The first-order valence-corrected chi connectivity index (χ1v) is 7.76. The van der Waals surface area contributed by atoms with E-state index in [4.69, 9.17) is 15.2 Å². The SMILES string of the molecule is COC1(OC)N=C(N)[C@@]2(C#N)[C@@H](c3ccccc3)NC(C)=C[C@]12C#N. The third-order valence-electron chi connectivity index (χ3n) is 5.07. The number of rotatable bonds is 3. The number of nitrogens with two attached hydrogens (primary N) is 1. The lowest BCUT2D eigenvalue weighted by Crippen LogP contribution is -2.61. The minimum atomic E-state index is -1.70. The van der Waals surface area contributed by atoms with Crippen LogP contribution in [0.25, 0.3) is 0 Å². The molecule has 0 fully saturated rings. The van der Waals surface area contributed by atoms with Crippen molar-refractivity contribution < 1.29 is 9.47 Å². The van der Waals surface area contributed by atoms with Crippen molar-refractivity contribution in [1.29, 1.82) is 10.5 Å². The summed E-state index contributed by atoms with van der Waals surface area (Å²) < 4.78 is 11.0. The predicted octanol–water partition coefficient (Wildman–Crippen LogP) is 1.57. The molecule has 3 atom stereocenters. The first-order valence-electron chi connectivity index (χ1n) is 7.76. The van der Waals surface area contributed by atoms with Crippen LogP contribution < -0.4 is 11.1 Å². The molecular weight excluding hydrogens is 318 g/mol. The molecular formula is C18H19N5O2. The number of aliphatic imine (C=N–C) groups is 1. The van der Waals surface area contributed by atoms with E-state index in [-0.39, 0.29) is 5.84 Å². The molecule has 7 nitrogen and oxygen atoms in total. The standard InChI is InChI=1S/C18H19N5O2/c1-12-9-16(10-19)17(11-20,15(21)23-18(16,24-2)25-3)14(22-12)13-7-5-4-6-8-13/h4-9,14,22H,1-3H3,(H2,21,23)/t14-,16-,17-/m1/s1. The van der Waals surface area contributed by atoms with Crippen molar-refractivity contribution in [2.24, 2.45) is 21.6 Å². The van der Waals surface area contributed by atoms with Crippen LogP contribution in [0.15, 0.2) is 47.1 Å². The number of hydrogen-bond donors (Lipinski definition) is 2. The average molecular weight is 337 g/mol. The number of amidine groups is 1. The number of ether oxygens (including phenoxy) is 2. The smallest absolute Gasteiger partial charge is 0.296 e. The zero-order valence-electron chi connectivity index (χ0n) is 14.3. The Balaban J connectivity index is 2.38. The molecule has 2 aliphatic heterocycles. The lowest BCUT2D eigenvalue weighted by molar-refractivity contribution is -0.250. The lowest BCUT2D eigenvalue weighted by Gasteiger charge is -2.48. The van der Waals surface area contributed by atoms with Crippen LogP contribution >= 0.6 is 0 Å². The highest BCUT2D eigenvalue weighted by atomic mass is 16.7. The summed E-state index contributed by atoms with van der Waals surface area (Å²) in [4.78, 5) is 4.32. The van der Waals surface area contributed by atoms with E-state index in [1.54, 1.807) is 6.08 Å². The van der Waals surface area contributed by atoms with Gasteiger partial charge in [-0.1, -0.05) is 30.3 Å². The topological polar surface area (TPSA) is 116 Å². The number of allylic oxidation sites excluding steroid dienone is 1. The molecule has 2 heterocycles. The Morgan fingerprint density at radius 2 is 1.80 bits per heavy atom. The normalized spacial score (nSPS) is 32.4. The maximum atomic E-state index is 10.2. The summed E-state index contributed by atoms with van der Waals surface area (Å²) in [6.45, 7) is 1.82. The number of hydrogen-bond acceptors (Lipinski definition) is 7. The predicted molar refractivity (Wildman–Crippen MR) is 90.5 cm³/mol. The average Bonchev–Trinajstić information content (AvgIpc) is 2.87. The van der Waals surface area contributed by atoms with Crippen LogP contribution in [-0.2, 0) is 9.47 Å². The van der Waals surface area contributed by atoms with Crippen LogP contribution in [-0.4, -0.2) is 26.0 Å². The molecule has 0 saturated carbocycles. The number of fused-ring (bicyclic) bond motifs is 1. The fourth-order valence-corrected chi connectivity index (χ4v) is 3.95. The quantitative estimate of drug-likeness (QED) is 0.809. The molecule has 1 aromatic carbocycles. The van der Waals surface area contributed by atoms with Crippen molar-refractivity contribution >= 4 is 5.84 Å². The first kappa shape index (κ1) is 17.0. The molecule has 2 aliphatic rings.